The van der Waals surface area contributed by atoms with Crippen molar-refractivity contribution in [3.05, 3.63) is 69.1 Å². The number of amides is 1. The van der Waals surface area contributed by atoms with Gasteiger partial charge in [-0.2, -0.15) is 0 Å². The number of anilines is 2. The van der Waals surface area contributed by atoms with Gasteiger partial charge in [0.2, 0.25) is 0 Å². The first-order chi connectivity index (χ1) is 14.9. The average Bonchev–Trinajstić information content (AvgIpc) is 3.44. The summed E-state index contributed by atoms with van der Waals surface area (Å²) in [4.78, 5) is 42.8. The number of hydrogen-bond donors (Lipinski definition) is 1. The molecule has 0 atom stereocenters. The van der Waals surface area contributed by atoms with Gasteiger partial charge in [-0.1, -0.05) is 41.7 Å². The molecule has 0 aliphatic carbocycles. The van der Waals surface area contributed by atoms with Crippen molar-refractivity contribution in [3.8, 4) is 11.3 Å². The Balaban J connectivity index is 1.62. The lowest BCUT2D eigenvalue weighted by Crippen LogP contribution is -2.19. The molecule has 158 valence electrons. The second kappa shape index (κ2) is 8.65. The molecule has 3 aromatic rings. The second-order valence-corrected chi connectivity index (χ2v) is 8.23. The van der Waals surface area contributed by atoms with Crippen LogP contribution in [0.25, 0.3) is 11.3 Å². The number of nitrogens with zero attached hydrogens (tertiary/aromatic N) is 3. The molecular weight excluding hydrogens is 416 g/mol. The third-order valence-corrected chi connectivity index (χ3v) is 6.17. The fourth-order valence-corrected chi connectivity index (χ4v) is 4.49. The van der Waals surface area contributed by atoms with Crippen molar-refractivity contribution in [2.45, 2.75) is 19.8 Å². The Morgan fingerprint density at radius 3 is 2.48 bits per heavy atom. The molecule has 1 saturated heterocycles. The predicted octanol–water partition coefficient (Wildman–Crippen LogP) is 4.77. The van der Waals surface area contributed by atoms with Gasteiger partial charge in [0.05, 0.1) is 15.5 Å². The van der Waals surface area contributed by atoms with Gasteiger partial charge in [0, 0.05) is 37.2 Å². The van der Waals surface area contributed by atoms with E-state index < -0.39 is 10.8 Å². The molecule has 4 rings (SSSR count). The number of ketones is 1. The number of Topliss-reactive ketones (excluding diaryl/α,β-unsaturated/α-hetero) is 1. The first-order valence-corrected chi connectivity index (χ1v) is 10.7. The summed E-state index contributed by atoms with van der Waals surface area (Å²) >= 11 is 1.08. The third kappa shape index (κ3) is 4.31. The van der Waals surface area contributed by atoms with Crippen LogP contribution in [0.5, 0.6) is 0 Å². The number of nitrogens with one attached hydrogen (secondary N) is 1. The Morgan fingerprint density at radius 1 is 1.13 bits per heavy atom. The van der Waals surface area contributed by atoms with Crippen molar-refractivity contribution in [2.75, 3.05) is 23.3 Å². The number of carbonyl (C=O) groups is 2. The van der Waals surface area contributed by atoms with E-state index in [-0.39, 0.29) is 22.2 Å². The fraction of sp³-hybridized carbons (Fsp3) is 0.227. The Morgan fingerprint density at radius 2 is 1.84 bits per heavy atom. The molecule has 0 saturated carbocycles. The Bertz CT molecular complexity index is 1150. The van der Waals surface area contributed by atoms with Gasteiger partial charge in [-0.15, -0.1) is 0 Å². The molecule has 1 amide bonds. The summed E-state index contributed by atoms with van der Waals surface area (Å²) in [5, 5.41) is 14.5. The zero-order valence-electron chi connectivity index (χ0n) is 16.8. The number of aromatic nitrogens is 1. The largest absolute Gasteiger partial charge is 0.366 e. The maximum Gasteiger partial charge on any atom is 0.293 e. The molecule has 0 spiro atoms. The lowest BCUT2D eigenvalue weighted by atomic mass is 10.1. The number of rotatable bonds is 6. The van der Waals surface area contributed by atoms with E-state index in [1.165, 1.54) is 13.0 Å². The van der Waals surface area contributed by atoms with E-state index in [4.69, 9.17) is 0 Å². The van der Waals surface area contributed by atoms with Gasteiger partial charge >= 0.3 is 0 Å². The van der Waals surface area contributed by atoms with E-state index in [0.717, 1.165) is 42.8 Å². The highest BCUT2D eigenvalue weighted by Crippen LogP contribution is 2.34. The molecule has 0 unspecified atom stereocenters. The highest BCUT2D eigenvalue weighted by atomic mass is 32.1. The summed E-state index contributed by atoms with van der Waals surface area (Å²) in [6, 6.07) is 13.7. The van der Waals surface area contributed by atoms with Crippen LogP contribution < -0.4 is 10.2 Å². The molecule has 1 fully saturated rings. The molecule has 0 radical (unpaired) electrons. The van der Waals surface area contributed by atoms with Crippen molar-refractivity contribution < 1.29 is 14.5 Å². The van der Waals surface area contributed by atoms with E-state index in [0.29, 0.717) is 16.3 Å². The Labute approximate surface area is 182 Å². The predicted molar refractivity (Wildman–Crippen MR) is 120 cm³/mol. The minimum atomic E-state index is -0.514. The van der Waals surface area contributed by atoms with Gasteiger partial charge in [0.1, 0.15) is 5.69 Å². The van der Waals surface area contributed by atoms with Gasteiger partial charge in [-0.05, 0) is 25.0 Å². The lowest BCUT2D eigenvalue weighted by molar-refractivity contribution is -0.384. The summed E-state index contributed by atoms with van der Waals surface area (Å²) in [7, 11) is 0. The molecule has 31 heavy (non-hydrogen) atoms. The zero-order valence-corrected chi connectivity index (χ0v) is 17.6. The smallest absolute Gasteiger partial charge is 0.293 e. The van der Waals surface area contributed by atoms with Crippen LogP contribution >= 0.6 is 11.3 Å². The van der Waals surface area contributed by atoms with E-state index in [1.807, 2.05) is 35.2 Å². The van der Waals surface area contributed by atoms with Gasteiger partial charge in [-0.25, -0.2) is 4.98 Å². The monoisotopic (exact) mass is 436 g/mol. The standard InChI is InChI=1S/C22H20N4O4S/c1-14(27)20-19(15-7-3-2-4-8-15)23-22(31-20)24-21(28)16-9-10-17(18(13-16)26(29)30)25-11-5-6-12-25/h2-4,7-10,13H,5-6,11-12H2,1H3,(H,23,24,28). The van der Waals surface area contributed by atoms with Crippen LogP contribution in [0.1, 0.15) is 39.8 Å². The average molecular weight is 436 g/mol. The quantitative estimate of drug-likeness (QED) is 0.339. The van der Waals surface area contributed by atoms with Crippen molar-refractivity contribution in [1.82, 2.24) is 4.98 Å². The first kappa shape index (κ1) is 20.7. The molecule has 2 aromatic carbocycles. The van der Waals surface area contributed by atoms with Crippen LogP contribution in [-0.4, -0.2) is 34.7 Å². The molecule has 8 nitrogen and oxygen atoms in total. The number of carbonyl (C=O) groups excluding carboxylic acids is 2. The molecule has 1 aromatic heterocycles. The molecule has 0 bridgehead atoms. The van der Waals surface area contributed by atoms with Crippen molar-refractivity contribution in [2.24, 2.45) is 0 Å². The summed E-state index contributed by atoms with van der Waals surface area (Å²) in [5.74, 6) is -0.665. The summed E-state index contributed by atoms with van der Waals surface area (Å²) in [5.41, 5.74) is 1.87. The van der Waals surface area contributed by atoms with Crippen LogP contribution in [0, 0.1) is 10.1 Å². The molecule has 9 heteroatoms. The topological polar surface area (TPSA) is 105 Å². The Hall–Kier alpha value is -3.59. The van der Waals surface area contributed by atoms with Crippen molar-refractivity contribution in [3.63, 3.8) is 0 Å². The van der Waals surface area contributed by atoms with Gasteiger partial charge in [0.25, 0.3) is 11.6 Å². The van der Waals surface area contributed by atoms with Crippen molar-refractivity contribution in [1.29, 1.82) is 0 Å². The van der Waals surface area contributed by atoms with Crippen molar-refractivity contribution >= 4 is 39.5 Å². The zero-order chi connectivity index (χ0) is 22.0. The number of thiazole rings is 1. The number of nitro benzene ring substituents is 1. The van der Waals surface area contributed by atoms with Crippen LogP contribution in [0.4, 0.5) is 16.5 Å². The number of benzene rings is 2. The summed E-state index contributed by atoms with van der Waals surface area (Å²) < 4.78 is 0. The maximum atomic E-state index is 12.8. The van der Waals surface area contributed by atoms with Crippen LogP contribution in [0.2, 0.25) is 0 Å². The fourth-order valence-electron chi connectivity index (χ4n) is 3.61. The van der Waals surface area contributed by atoms with Gasteiger partial charge in [-0.3, -0.25) is 25.0 Å². The normalized spacial score (nSPS) is 13.3. The first-order valence-electron chi connectivity index (χ1n) is 9.86. The Kier molecular flexibility index (Phi) is 5.77. The van der Waals surface area contributed by atoms with Crippen LogP contribution in [0.3, 0.4) is 0 Å². The lowest BCUT2D eigenvalue weighted by Gasteiger charge is -2.17. The minimum absolute atomic E-state index is 0.0944. The number of hydrogen-bond acceptors (Lipinski definition) is 7. The van der Waals surface area contributed by atoms with E-state index in [2.05, 4.69) is 10.3 Å². The highest BCUT2D eigenvalue weighted by Gasteiger charge is 2.24. The molecule has 1 aliphatic heterocycles. The second-order valence-electron chi connectivity index (χ2n) is 7.23. The minimum Gasteiger partial charge on any atom is -0.366 e. The molecule has 1 N–H and O–H groups in total. The number of nitro groups is 1. The van der Waals surface area contributed by atoms with E-state index in [9.17, 15) is 19.7 Å². The molecular formula is C22H20N4O4S. The van der Waals surface area contributed by atoms with E-state index in [1.54, 1.807) is 12.1 Å². The van der Waals surface area contributed by atoms with Crippen LogP contribution in [-0.2, 0) is 0 Å². The highest BCUT2D eigenvalue weighted by molar-refractivity contribution is 7.18. The van der Waals surface area contributed by atoms with E-state index >= 15 is 0 Å². The SMILES string of the molecule is CC(=O)c1sc(NC(=O)c2ccc(N3CCCC3)c([N+](=O)[O-])c2)nc1-c1ccccc1. The van der Waals surface area contributed by atoms with Gasteiger partial charge in [0.15, 0.2) is 10.9 Å². The third-order valence-electron chi connectivity index (χ3n) is 5.10. The van der Waals surface area contributed by atoms with Gasteiger partial charge < -0.3 is 4.90 Å². The summed E-state index contributed by atoms with van der Waals surface area (Å²) in [6.45, 7) is 2.98. The maximum absolute atomic E-state index is 12.8. The molecule has 2 heterocycles. The summed E-state index contributed by atoms with van der Waals surface area (Å²) in [6.07, 6.45) is 1.98. The van der Waals surface area contributed by atoms with Crippen LogP contribution in [0.15, 0.2) is 48.5 Å². The molecule has 1 aliphatic rings.